The summed E-state index contributed by atoms with van der Waals surface area (Å²) in [6.45, 7) is 4.38. The fourth-order valence-electron chi connectivity index (χ4n) is 2.62. The third-order valence-corrected chi connectivity index (χ3v) is 4.22. The SMILES string of the molecule is CCCCCCCCCC(NN)c1cc(C)cc(Br)c1. The Balaban J connectivity index is 2.32. The van der Waals surface area contributed by atoms with Crippen molar-refractivity contribution in [3.05, 3.63) is 33.8 Å². The molecule has 0 aliphatic rings. The second kappa shape index (κ2) is 10.4. The standard InChI is InChI=1S/C17H29BrN2/c1-3-4-5-6-7-8-9-10-17(20-19)15-11-14(2)12-16(18)13-15/h11-13,17,20H,3-10,19H2,1-2H3. The van der Waals surface area contributed by atoms with Crippen LogP contribution in [0.4, 0.5) is 0 Å². The van der Waals surface area contributed by atoms with Gasteiger partial charge in [-0.1, -0.05) is 73.9 Å². The molecule has 3 heteroatoms. The van der Waals surface area contributed by atoms with Gasteiger partial charge in [-0.25, -0.2) is 0 Å². The van der Waals surface area contributed by atoms with Crippen molar-refractivity contribution < 1.29 is 0 Å². The molecular weight excluding hydrogens is 312 g/mol. The minimum atomic E-state index is 0.266. The van der Waals surface area contributed by atoms with Crippen molar-refractivity contribution in [1.82, 2.24) is 5.43 Å². The van der Waals surface area contributed by atoms with Crippen molar-refractivity contribution in [2.45, 2.75) is 71.3 Å². The Bertz CT molecular complexity index is 359. The first-order chi connectivity index (χ1) is 9.67. The van der Waals surface area contributed by atoms with E-state index in [1.54, 1.807) is 0 Å². The average Bonchev–Trinajstić information content (AvgIpc) is 2.41. The number of rotatable bonds is 10. The number of nitrogens with one attached hydrogen (secondary N) is 1. The number of hydrazine groups is 1. The van der Waals surface area contributed by atoms with Crippen molar-refractivity contribution in [3.8, 4) is 0 Å². The van der Waals surface area contributed by atoms with Gasteiger partial charge in [0.1, 0.15) is 0 Å². The highest BCUT2D eigenvalue weighted by Crippen LogP contribution is 2.24. The van der Waals surface area contributed by atoms with Crippen LogP contribution >= 0.6 is 15.9 Å². The molecule has 20 heavy (non-hydrogen) atoms. The number of unbranched alkanes of at least 4 members (excludes halogenated alkanes) is 6. The minimum Gasteiger partial charge on any atom is -0.271 e. The summed E-state index contributed by atoms with van der Waals surface area (Å²) in [6, 6.07) is 6.78. The molecule has 0 heterocycles. The molecule has 0 saturated heterocycles. The van der Waals surface area contributed by atoms with Crippen LogP contribution in [-0.2, 0) is 0 Å². The maximum Gasteiger partial charge on any atom is 0.0460 e. The Morgan fingerprint density at radius 3 is 2.30 bits per heavy atom. The molecule has 1 unspecified atom stereocenters. The smallest absolute Gasteiger partial charge is 0.0460 e. The summed E-state index contributed by atoms with van der Waals surface area (Å²) < 4.78 is 1.13. The van der Waals surface area contributed by atoms with E-state index in [-0.39, 0.29) is 6.04 Å². The second-order valence-corrected chi connectivity index (χ2v) is 6.61. The van der Waals surface area contributed by atoms with Gasteiger partial charge in [0, 0.05) is 10.5 Å². The number of hydrogen-bond acceptors (Lipinski definition) is 2. The molecule has 0 radical (unpaired) electrons. The van der Waals surface area contributed by atoms with E-state index in [2.05, 4.69) is 53.4 Å². The van der Waals surface area contributed by atoms with E-state index >= 15 is 0 Å². The van der Waals surface area contributed by atoms with Crippen LogP contribution in [0.15, 0.2) is 22.7 Å². The Morgan fingerprint density at radius 2 is 1.70 bits per heavy atom. The van der Waals surface area contributed by atoms with E-state index in [0.29, 0.717) is 0 Å². The molecule has 0 aliphatic heterocycles. The third kappa shape index (κ3) is 6.87. The number of nitrogens with two attached hydrogens (primary N) is 1. The van der Waals surface area contributed by atoms with Gasteiger partial charge in [0.25, 0.3) is 0 Å². The van der Waals surface area contributed by atoms with E-state index in [1.165, 1.54) is 56.1 Å². The molecule has 0 amide bonds. The summed E-state index contributed by atoms with van der Waals surface area (Å²) in [6.07, 6.45) is 10.5. The van der Waals surface area contributed by atoms with Crippen molar-refractivity contribution in [3.63, 3.8) is 0 Å². The molecule has 3 N–H and O–H groups in total. The lowest BCUT2D eigenvalue weighted by molar-refractivity contribution is 0.475. The lowest BCUT2D eigenvalue weighted by atomic mass is 9.99. The van der Waals surface area contributed by atoms with Crippen molar-refractivity contribution in [2.75, 3.05) is 0 Å². The Morgan fingerprint density at radius 1 is 1.05 bits per heavy atom. The molecule has 0 aliphatic carbocycles. The van der Waals surface area contributed by atoms with Gasteiger partial charge in [0.2, 0.25) is 0 Å². The molecule has 1 aromatic rings. The van der Waals surface area contributed by atoms with Crippen LogP contribution in [-0.4, -0.2) is 0 Å². The van der Waals surface area contributed by atoms with E-state index in [1.807, 2.05) is 0 Å². The molecule has 0 saturated carbocycles. The van der Waals surface area contributed by atoms with Crippen LogP contribution < -0.4 is 11.3 Å². The summed E-state index contributed by atoms with van der Waals surface area (Å²) in [5, 5.41) is 0. The topological polar surface area (TPSA) is 38.0 Å². The highest BCUT2D eigenvalue weighted by Gasteiger charge is 2.10. The van der Waals surface area contributed by atoms with Gasteiger partial charge < -0.3 is 0 Å². The van der Waals surface area contributed by atoms with Crippen LogP contribution in [0.25, 0.3) is 0 Å². The highest BCUT2D eigenvalue weighted by molar-refractivity contribution is 9.10. The fourth-order valence-corrected chi connectivity index (χ4v) is 3.24. The van der Waals surface area contributed by atoms with Crippen LogP contribution in [0.2, 0.25) is 0 Å². The van der Waals surface area contributed by atoms with Gasteiger partial charge in [-0.05, 0) is 36.6 Å². The molecule has 1 rings (SSSR count). The van der Waals surface area contributed by atoms with Gasteiger partial charge in [-0.15, -0.1) is 0 Å². The van der Waals surface area contributed by atoms with Gasteiger partial charge in [0.05, 0.1) is 0 Å². The summed E-state index contributed by atoms with van der Waals surface area (Å²) >= 11 is 3.56. The molecular formula is C17H29BrN2. The summed E-state index contributed by atoms with van der Waals surface area (Å²) in [7, 11) is 0. The minimum absolute atomic E-state index is 0.266. The predicted octanol–water partition coefficient (Wildman–Crippen LogP) is 5.40. The normalized spacial score (nSPS) is 12.6. The lowest BCUT2D eigenvalue weighted by Gasteiger charge is -2.17. The third-order valence-electron chi connectivity index (χ3n) is 3.76. The Hall–Kier alpha value is -0.380. The first kappa shape index (κ1) is 17.7. The largest absolute Gasteiger partial charge is 0.271 e. The molecule has 114 valence electrons. The Kier molecular flexibility index (Phi) is 9.16. The maximum atomic E-state index is 5.72. The molecule has 0 spiro atoms. The molecule has 0 aromatic heterocycles. The zero-order valence-electron chi connectivity index (χ0n) is 12.9. The average molecular weight is 341 g/mol. The van der Waals surface area contributed by atoms with Gasteiger partial charge >= 0.3 is 0 Å². The van der Waals surface area contributed by atoms with Crippen molar-refractivity contribution >= 4 is 15.9 Å². The highest BCUT2D eigenvalue weighted by atomic mass is 79.9. The monoisotopic (exact) mass is 340 g/mol. The van der Waals surface area contributed by atoms with Gasteiger partial charge in [0.15, 0.2) is 0 Å². The van der Waals surface area contributed by atoms with E-state index in [9.17, 15) is 0 Å². The summed E-state index contributed by atoms with van der Waals surface area (Å²) in [5.41, 5.74) is 5.52. The number of aryl methyl sites for hydroxylation is 1. The lowest BCUT2D eigenvalue weighted by Crippen LogP contribution is -2.28. The number of halogens is 1. The molecule has 1 atom stereocenters. The van der Waals surface area contributed by atoms with E-state index < -0.39 is 0 Å². The summed E-state index contributed by atoms with van der Waals surface area (Å²) in [5.74, 6) is 5.72. The molecule has 0 bridgehead atoms. The number of benzene rings is 1. The predicted molar refractivity (Wildman–Crippen MR) is 91.6 cm³/mol. The van der Waals surface area contributed by atoms with Crippen LogP contribution in [0, 0.1) is 6.92 Å². The molecule has 2 nitrogen and oxygen atoms in total. The van der Waals surface area contributed by atoms with Crippen LogP contribution in [0.1, 0.15) is 75.5 Å². The summed E-state index contributed by atoms with van der Waals surface area (Å²) in [4.78, 5) is 0. The van der Waals surface area contributed by atoms with Crippen molar-refractivity contribution in [2.24, 2.45) is 5.84 Å². The molecule has 0 fully saturated rings. The zero-order chi connectivity index (χ0) is 14.8. The molecule has 1 aromatic carbocycles. The van der Waals surface area contributed by atoms with Crippen molar-refractivity contribution in [1.29, 1.82) is 0 Å². The van der Waals surface area contributed by atoms with E-state index in [0.717, 1.165) is 10.9 Å². The first-order valence-electron chi connectivity index (χ1n) is 7.90. The first-order valence-corrected chi connectivity index (χ1v) is 8.70. The zero-order valence-corrected chi connectivity index (χ0v) is 14.5. The quantitative estimate of drug-likeness (QED) is 0.340. The van der Waals surface area contributed by atoms with E-state index in [4.69, 9.17) is 5.84 Å². The number of hydrogen-bond donors (Lipinski definition) is 2. The second-order valence-electron chi connectivity index (χ2n) is 5.69. The fraction of sp³-hybridized carbons (Fsp3) is 0.647. The van der Waals surface area contributed by atoms with Crippen LogP contribution in [0.3, 0.4) is 0 Å². The van der Waals surface area contributed by atoms with Gasteiger partial charge in [-0.2, -0.15) is 0 Å². The maximum absolute atomic E-state index is 5.72. The van der Waals surface area contributed by atoms with Crippen LogP contribution in [0.5, 0.6) is 0 Å². The van der Waals surface area contributed by atoms with Gasteiger partial charge in [-0.3, -0.25) is 11.3 Å². The Labute approximate surface area is 132 Å².